The van der Waals surface area contributed by atoms with Gasteiger partial charge in [-0.1, -0.05) is 27.7 Å². The molecule has 1 N–H and O–H groups in total. The zero-order chi connectivity index (χ0) is 13.8. The van der Waals surface area contributed by atoms with Crippen molar-refractivity contribution in [1.29, 1.82) is 0 Å². The molecule has 0 bridgehead atoms. The van der Waals surface area contributed by atoms with Gasteiger partial charge >= 0.3 is 0 Å². The molecule has 0 rings (SSSR count). The molecule has 0 saturated carbocycles. The topological polar surface area (TPSA) is 32.3 Å². The quantitative estimate of drug-likeness (QED) is 0.746. The molecule has 2 unspecified atom stereocenters. The molecular formula is C14H32N2O. The molecule has 2 atom stereocenters. The average molecular weight is 244 g/mol. The van der Waals surface area contributed by atoms with Crippen molar-refractivity contribution in [1.82, 2.24) is 10.2 Å². The summed E-state index contributed by atoms with van der Waals surface area (Å²) in [5, 5.41) is 3.05. The van der Waals surface area contributed by atoms with Crippen LogP contribution in [-0.2, 0) is 4.79 Å². The van der Waals surface area contributed by atoms with Crippen LogP contribution in [0.2, 0.25) is 0 Å². The van der Waals surface area contributed by atoms with E-state index in [9.17, 15) is 4.79 Å². The average Bonchev–Trinajstić information content (AvgIpc) is 2.35. The molecule has 0 aromatic rings. The molecule has 0 aromatic heterocycles. The first-order valence-corrected chi connectivity index (χ1v) is 6.97. The van der Waals surface area contributed by atoms with Crippen LogP contribution in [0.1, 0.15) is 60.3 Å². The maximum atomic E-state index is 11.2. The number of carbonyl (C=O) groups is 1. The van der Waals surface area contributed by atoms with Crippen LogP contribution >= 0.6 is 0 Å². The zero-order valence-electron chi connectivity index (χ0n) is 12.8. The van der Waals surface area contributed by atoms with Crippen LogP contribution < -0.4 is 5.32 Å². The highest BCUT2D eigenvalue weighted by Gasteiger charge is 2.11. The minimum absolute atomic E-state index is 0.166. The lowest BCUT2D eigenvalue weighted by molar-refractivity contribution is -0.121. The number of hydrogen-bond donors (Lipinski definition) is 1. The SMILES string of the molecule is CC.CCC(=O)NC(CC)CCC(C)N(C)C. The highest BCUT2D eigenvalue weighted by atomic mass is 16.1. The van der Waals surface area contributed by atoms with Gasteiger partial charge in [-0.05, 0) is 40.3 Å². The Balaban J connectivity index is 0. The first kappa shape index (κ1) is 18.8. The Kier molecular flexibility index (Phi) is 13.2. The van der Waals surface area contributed by atoms with Crippen molar-refractivity contribution in [3.05, 3.63) is 0 Å². The van der Waals surface area contributed by atoms with Gasteiger partial charge < -0.3 is 10.2 Å². The van der Waals surface area contributed by atoms with Crippen LogP contribution in [-0.4, -0.2) is 37.0 Å². The molecular weight excluding hydrogens is 212 g/mol. The molecule has 0 aliphatic rings. The number of nitrogens with zero attached hydrogens (tertiary/aromatic N) is 1. The number of amides is 1. The highest BCUT2D eigenvalue weighted by Crippen LogP contribution is 2.08. The van der Waals surface area contributed by atoms with E-state index in [0.29, 0.717) is 18.5 Å². The second-order valence-corrected chi connectivity index (χ2v) is 4.42. The summed E-state index contributed by atoms with van der Waals surface area (Å²) in [5.41, 5.74) is 0. The molecule has 0 aliphatic carbocycles. The van der Waals surface area contributed by atoms with Crippen LogP contribution in [0.3, 0.4) is 0 Å². The van der Waals surface area contributed by atoms with Gasteiger partial charge in [-0.15, -0.1) is 0 Å². The van der Waals surface area contributed by atoms with Crippen LogP contribution in [0.4, 0.5) is 0 Å². The van der Waals surface area contributed by atoms with E-state index in [1.165, 1.54) is 0 Å². The van der Waals surface area contributed by atoms with Crippen LogP contribution in [0.25, 0.3) is 0 Å². The summed E-state index contributed by atoms with van der Waals surface area (Å²) in [7, 11) is 4.19. The highest BCUT2D eigenvalue weighted by molar-refractivity contribution is 5.75. The van der Waals surface area contributed by atoms with Crippen molar-refractivity contribution in [2.24, 2.45) is 0 Å². The van der Waals surface area contributed by atoms with Crippen LogP contribution in [0, 0.1) is 0 Å². The summed E-state index contributed by atoms with van der Waals surface area (Å²) in [6.45, 7) is 10.2. The lowest BCUT2D eigenvalue weighted by Crippen LogP contribution is -2.35. The summed E-state index contributed by atoms with van der Waals surface area (Å²) in [5.74, 6) is 0.166. The maximum Gasteiger partial charge on any atom is 0.219 e. The molecule has 0 radical (unpaired) electrons. The van der Waals surface area contributed by atoms with Crippen molar-refractivity contribution in [2.75, 3.05) is 14.1 Å². The predicted molar refractivity (Wildman–Crippen MR) is 76.2 cm³/mol. The van der Waals surface area contributed by atoms with Gasteiger partial charge in [0.2, 0.25) is 5.91 Å². The standard InChI is InChI=1S/C12H26N2O.C2H6/c1-6-11(13-12(15)7-2)9-8-10(3)14(4)5;1-2/h10-11H,6-9H2,1-5H3,(H,13,15);1-2H3. The third-order valence-corrected chi connectivity index (χ3v) is 2.99. The lowest BCUT2D eigenvalue weighted by atomic mass is 10.0. The second-order valence-electron chi connectivity index (χ2n) is 4.42. The Labute approximate surface area is 108 Å². The summed E-state index contributed by atoms with van der Waals surface area (Å²) in [6, 6.07) is 0.928. The smallest absolute Gasteiger partial charge is 0.219 e. The Morgan fingerprint density at radius 3 is 2.06 bits per heavy atom. The first-order valence-electron chi connectivity index (χ1n) is 6.97. The van der Waals surface area contributed by atoms with Crippen molar-refractivity contribution >= 4 is 5.91 Å². The van der Waals surface area contributed by atoms with Gasteiger partial charge in [-0.3, -0.25) is 4.79 Å². The molecule has 0 heterocycles. The van der Waals surface area contributed by atoms with E-state index in [1.807, 2.05) is 20.8 Å². The molecule has 1 amide bonds. The van der Waals surface area contributed by atoms with Gasteiger partial charge in [-0.2, -0.15) is 0 Å². The third-order valence-electron chi connectivity index (χ3n) is 2.99. The van der Waals surface area contributed by atoms with E-state index >= 15 is 0 Å². The van der Waals surface area contributed by atoms with Gasteiger partial charge in [0.05, 0.1) is 0 Å². The first-order chi connectivity index (χ1) is 8.01. The van der Waals surface area contributed by atoms with Crippen molar-refractivity contribution in [3.8, 4) is 0 Å². The number of rotatable bonds is 7. The summed E-state index contributed by atoms with van der Waals surface area (Å²) in [6.07, 6.45) is 3.81. The minimum Gasteiger partial charge on any atom is -0.353 e. The van der Waals surface area contributed by atoms with Crippen molar-refractivity contribution in [2.45, 2.75) is 72.4 Å². The summed E-state index contributed by atoms with van der Waals surface area (Å²) < 4.78 is 0. The minimum atomic E-state index is 0.166. The lowest BCUT2D eigenvalue weighted by Gasteiger charge is -2.23. The third kappa shape index (κ3) is 10.3. The molecule has 0 aliphatic heterocycles. The Morgan fingerprint density at radius 1 is 1.18 bits per heavy atom. The second kappa shape index (κ2) is 11.9. The Hall–Kier alpha value is -0.570. The maximum absolute atomic E-state index is 11.2. The van der Waals surface area contributed by atoms with Crippen LogP contribution in [0.15, 0.2) is 0 Å². The van der Waals surface area contributed by atoms with E-state index in [2.05, 4.69) is 38.2 Å². The molecule has 3 heteroatoms. The number of hydrogen-bond acceptors (Lipinski definition) is 2. The number of nitrogens with one attached hydrogen (secondary N) is 1. The molecule has 17 heavy (non-hydrogen) atoms. The predicted octanol–water partition coefficient (Wildman–Crippen LogP) is 3.05. The van der Waals surface area contributed by atoms with E-state index in [1.54, 1.807) is 0 Å². The largest absolute Gasteiger partial charge is 0.353 e. The Morgan fingerprint density at radius 2 is 1.71 bits per heavy atom. The molecule has 3 nitrogen and oxygen atoms in total. The fraction of sp³-hybridized carbons (Fsp3) is 0.929. The fourth-order valence-corrected chi connectivity index (χ4v) is 1.41. The summed E-state index contributed by atoms with van der Waals surface area (Å²) >= 11 is 0. The zero-order valence-corrected chi connectivity index (χ0v) is 12.8. The monoisotopic (exact) mass is 244 g/mol. The van der Waals surface area contributed by atoms with Gasteiger partial charge in [0.15, 0.2) is 0 Å². The van der Waals surface area contributed by atoms with Gasteiger partial charge in [0.1, 0.15) is 0 Å². The van der Waals surface area contributed by atoms with Crippen molar-refractivity contribution in [3.63, 3.8) is 0 Å². The van der Waals surface area contributed by atoms with E-state index in [0.717, 1.165) is 19.3 Å². The number of carbonyl (C=O) groups excluding carboxylic acids is 1. The molecule has 0 saturated heterocycles. The van der Waals surface area contributed by atoms with Gasteiger partial charge in [-0.25, -0.2) is 0 Å². The summed E-state index contributed by atoms with van der Waals surface area (Å²) in [4.78, 5) is 13.5. The van der Waals surface area contributed by atoms with E-state index in [4.69, 9.17) is 0 Å². The van der Waals surface area contributed by atoms with Gasteiger partial charge in [0, 0.05) is 18.5 Å². The fourth-order valence-electron chi connectivity index (χ4n) is 1.41. The van der Waals surface area contributed by atoms with Crippen molar-refractivity contribution < 1.29 is 4.79 Å². The molecule has 0 spiro atoms. The molecule has 104 valence electrons. The molecule has 0 fully saturated rings. The van der Waals surface area contributed by atoms with Gasteiger partial charge in [0.25, 0.3) is 0 Å². The van der Waals surface area contributed by atoms with E-state index < -0.39 is 0 Å². The van der Waals surface area contributed by atoms with Crippen LogP contribution in [0.5, 0.6) is 0 Å². The normalized spacial score (nSPS) is 13.6. The Bertz CT molecular complexity index is 181. The molecule has 0 aromatic carbocycles. The van der Waals surface area contributed by atoms with E-state index in [-0.39, 0.29) is 5.91 Å².